The van der Waals surface area contributed by atoms with Crippen LogP contribution in [0.3, 0.4) is 0 Å². The standard InChI is InChI=1S/C8H11N3O3S2/c9-6(8(13)14-7(12)3-15)1-5-2-11(16)4-10-5/h2,4,6,15-16H,1,3,9H2/t6-/m0/s1. The SMILES string of the molecule is N[C@@H](Cc1cn(S)cn1)C(=O)OC(=O)CS. The van der Waals surface area contributed by atoms with Crippen LogP contribution in [0.1, 0.15) is 5.69 Å². The number of hydrogen-bond acceptors (Lipinski definition) is 7. The number of nitrogens with two attached hydrogens (primary N) is 1. The molecule has 2 N–H and O–H groups in total. The van der Waals surface area contributed by atoms with Gasteiger partial charge in [-0.05, 0) is 0 Å². The van der Waals surface area contributed by atoms with E-state index in [1.807, 2.05) is 0 Å². The summed E-state index contributed by atoms with van der Waals surface area (Å²) < 4.78 is 5.84. The maximum Gasteiger partial charge on any atom is 0.330 e. The third-order valence-electron chi connectivity index (χ3n) is 1.70. The van der Waals surface area contributed by atoms with Gasteiger partial charge < -0.3 is 10.5 Å². The second-order valence-electron chi connectivity index (χ2n) is 3.01. The van der Waals surface area contributed by atoms with Crippen LogP contribution >= 0.6 is 25.4 Å². The van der Waals surface area contributed by atoms with E-state index in [-0.39, 0.29) is 12.2 Å². The van der Waals surface area contributed by atoms with Crippen LogP contribution in [-0.2, 0) is 20.7 Å². The quantitative estimate of drug-likeness (QED) is 0.384. The molecule has 0 fully saturated rings. The van der Waals surface area contributed by atoms with E-state index in [1.165, 1.54) is 10.3 Å². The number of carbonyl (C=O) groups excluding carboxylic acids is 2. The lowest BCUT2D eigenvalue weighted by Gasteiger charge is -2.07. The lowest BCUT2D eigenvalue weighted by molar-refractivity contribution is -0.158. The van der Waals surface area contributed by atoms with Crippen molar-refractivity contribution < 1.29 is 14.3 Å². The van der Waals surface area contributed by atoms with Crippen LogP contribution in [0.25, 0.3) is 0 Å². The molecule has 1 rings (SSSR count). The van der Waals surface area contributed by atoms with Gasteiger partial charge in [0.05, 0.1) is 11.4 Å². The zero-order chi connectivity index (χ0) is 12.1. The molecule has 0 aliphatic heterocycles. The molecule has 0 saturated heterocycles. The molecule has 1 aromatic heterocycles. The third kappa shape index (κ3) is 3.87. The van der Waals surface area contributed by atoms with E-state index in [9.17, 15) is 9.59 Å². The monoisotopic (exact) mass is 261 g/mol. The van der Waals surface area contributed by atoms with Crippen molar-refractivity contribution in [2.75, 3.05) is 5.75 Å². The summed E-state index contributed by atoms with van der Waals surface area (Å²) in [6, 6.07) is -0.924. The van der Waals surface area contributed by atoms with Crippen LogP contribution in [-0.4, -0.2) is 32.7 Å². The van der Waals surface area contributed by atoms with Crippen molar-refractivity contribution in [2.45, 2.75) is 12.5 Å². The number of aromatic nitrogens is 2. The van der Waals surface area contributed by atoms with Crippen molar-refractivity contribution >= 4 is 37.4 Å². The van der Waals surface area contributed by atoms with Crippen LogP contribution in [0.2, 0.25) is 0 Å². The third-order valence-corrected chi connectivity index (χ3v) is 2.18. The highest BCUT2D eigenvalue weighted by Crippen LogP contribution is 2.02. The maximum atomic E-state index is 11.3. The minimum Gasteiger partial charge on any atom is -0.391 e. The molecule has 0 unspecified atom stereocenters. The maximum absolute atomic E-state index is 11.3. The molecule has 0 bridgehead atoms. The number of ether oxygens (including phenoxy) is 1. The zero-order valence-electron chi connectivity index (χ0n) is 8.24. The smallest absolute Gasteiger partial charge is 0.330 e. The van der Waals surface area contributed by atoms with Crippen molar-refractivity contribution in [3.63, 3.8) is 0 Å². The van der Waals surface area contributed by atoms with Gasteiger partial charge in [-0.15, -0.1) is 0 Å². The number of esters is 2. The van der Waals surface area contributed by atoms with Gasteiger partial charge in [0.2, 0.25) is 0 Å². The van der Waals surface area contributed by atoms with Crippen LogP contribution in [0.15, 0.2) is 12.5 Å². The lowest BCUT2D eigenvalue weighted by atomic mass is 10.2. The Balaban J connectivity index is 2.48. The molecule has 1 aromatic rings. The second kappa shape index (κ2) is 5.92. The van der Waals surface area contributed by atoms with E-state index in [1.54, 1.807) is 6.20 Å². The summed E-state index contributed by atoms with van der Waals surface area (Å²) in [5, 5.41) is 0. The highest BCUT2D eigenvalue weighted by Gasteiger charge is 2.19. The van der Waals surface area contributed by atoms with Crippen molar-refractivity contribution in [3.8, 4) is 0 Å². The van der Waals surface area contributed by atoms with E-state index in [4.69, 9.17) is 5.73 Å². The second-order valence-corrected chi connectivity index (χ2v) is 3.78. The van der Waals surface area contributed by atoms with E-state index < -0.39 is 18.0 Å². The van der Waals surface area contributed by atoms with Crippen molar-refractivity contribution in [1.29, 1.82) is 0 Å². The van der Waals surface area contributed by atoms with Crippen LogP contribution < -0.4 is 5.73 Å². The molecular weight excluding hydrogens is 250 g/mol. The van der Waals surface area contributed by atoms with Crippen LogP contribution in [0, 0.1) is 0 Å². The number of nitrogens with zero attached hydrogens (tertiary/aromatic N) is 2. The largest absolute Gasteiger partial charge is 0.391 e. The van der Waals surface area contributed by atoms with E-state index in [2.05, 4.69) is 35.2 Å². The number of thiol groups is 2. The Morgan fingerprint density at radius 2 is 2.31 bits per heavy atom. The summed E-state index contributed by atoms with van der Waals surface area (Å²) in [6.07, 6.45) is 3.26. The molecule has 1 heterocycles. The van der Waals surface area contributed by atoms with Crippen molar-refractivity contribution in [1.82, 2.24) is 8.96 Å². The summed E-state index contributed by atoms with van der Waals surface area (Å²) in [7, 11) is 0. The molecule has 0 amide bonds. The summed E-state index contributed by atoms with van der Waals surface area (Å²) in [5.41, 5.74) is 6.13. The Morgan fingerprint density at radius 1 is 1.62 bits per heavy atom. The van der Waals surface area contributed by atoms with E-state index >= 15 is 0 Å². The van der Waals surface area contributed by atoms with Gasteiger partial charge >= 0.3 is 11.9 Å². The van der Waals surface area contributed by atoms with Gasteiger partial charge in [0.25, 0.3) is 0 Å². The molecule has 6 nitrogen and oxygen atoms in total. The molecule has 0 saturated carbocycles. The summed E-state index contributed by atoms with van der Waals surface area (Å²) in [5.74, 6) is -1.67. The number of carbonyl (C=O) groups is 2. The molecule has 1 atom stereocenters. The molecule has 0 aliphatic rings. The van der Waals surface area contributed by atoms with Gasteiger partial charge in [-0.2, -0.15) is 12.6 Å². The fourth-order valence-electron chi connectivity index (χ4n) is 0.987. The first-order valence-corrected chi connectivity index (χ1v) is 5.39. The first-order valence-electron chi connectivity index (χ1n) is 4.36. The van der Waals surface area contributed by atoms with Gasteiger partial charge in [0.15, 0.2) is 0 Å². The van der Waals surface area contributed by atoms with Gasteiger partial charge in [0, 0.05) is 12.6 Å². The average molecular weight is 261 g/mol. The molecule has 0 spiro atoms. The Kier molecular flexibility index (Phi) is 4.84. The predicted molar refractivity (Wildman–Crippen MR) is 63.2 cm³/mol. The van der Waals surface area contributed by atoms with Gasteiger partial charge in [-0.3, -0.25) is 8.77 Å². The minimum atomic E-state index is -0.924. The first kappa shape index (κ1) is 13.1. The number of hydrogen-bond donors (Lipinski definition) is 3. The van der Waals surface area contributed by atoms with Crippen LogP contribution in [0.5, 0.6) is 0 Å². The molecule has 0 radical (unpaired) electrons. The normalized spacial score (nSPS) is 12.2. The first-order chi connectivity index (χ1) is 7.52. The van der Waals surface area contributed by atoms with Crippen molar-refractivity contribution in [2.24, 2.45) is 5.73 Å². The predicted octanol–water partition coefficient (Wildman–Crippen LogP) is -0.555. The average Bonchev–Trinajstić information content (AvgIpc) is 2.63. The topological polar surface area (TPSA) is 87.2 Å². The lowest BCUT2D eigenvalue weighted by Crippen LogP contribution is -2.36. The number of imidazole rings is 1. The Labute approximate surface area is 103 Å². The molecule has 88 valence electrons. The van der Waals surface area contributed by atoms with E-state index in [0.717, 1.165) is 0 Å². The van der Waals surface area contributed by atoms with Gasteiger partial charge in [-0.25, -0.2) is 9.78 Å². The van der Waals surface area contributed by atoms with Gasteiger partial charge in [0.1, 0.15) is 12.4 Å². The highest BCUT2D eigenvalue weighted by atomic mass is 32.1. The Bertz CT molecular complexity index is 394. The molecule has 8 heteroatoms. The van der Waals surface area contributed by atoms with Crippen LogP contribution in [0.4, 0.5) is 0 Å². The van der Waals surface area contributed by atoms with Gasteiger partial charge in [-0.1, -0.05) is 12.8 Å². The highest BCUT2D eigenvalue weighted by molar-refractivity contribution is 7.81. The summed E-state index contributed by atoms with van der Waals surface area (Å²) in [4.78, 5) is 26.0. The summed E-state index contributed by atoms with van der Waals surface area (Å²) >= 11 is 7.65. The molecule has 0 aromatic carbocycles. The van der Waals surface area contributed by atoms with Crippen molar-refractivity contribution in [3.05, 3.63) is 18.2 Å². The fraction of sp³-hybridized carbons (Fsp3) is 0.375. The number of rotatable bonds is 4. The fourth-order valence-corrected chi connectivity index (χ4v) is 1.24. The Hall–Kier alpha value is -0.990. The Morgan fingerprint density at radius 3 is 2.81 bits per heavy atom. The molecule has 0 aliphatic carbocycles. The zero-order valence-corrected chi connectivity index (χ0v) is 10.0. The molecular formula is C8H11N3O3S2. The molecule has 16 heavy (non-hydrogen) atoms. The minimum absolute atomic E-state index is 0.163. The summed E-state index contributed by atoms with van der Waals surface area (Å²) in [6.45, 7) is 0. The van der Waals surface area contributed by atoms with E-state index in [0.29, 0.717) is 5.69 Å².